The quantitative estimate of drug-likeness (QED) is 0.609. The normalized spacial score (nSPS) is 11.2. The van der Waals surface area contributed by atoms with Gasteiger partial charge < -0.3 is 15.0 Å². The second-order valence-electron chi connectivity index (χ2n) is 6.07. The molecule has 4 nitrogen and oxygen atoms in total. The van der Waals surface area contributed by atoms with E-state index in [1.807, 2.05) is 34.9 Å². The largest absolute Gasteiger partial charge is 0.497 e. The van der Waals surface area contributed by atoms with E-state index >= 15 is 0 Å². The Hall–Kier alpha value is -3.34. The number of ether oxygens (including phenoxy) is 1. The molecule has 0 bridgehead atoms. The van der Waals surface area contributed by atoms with Crippen molar-refractivity contribution in [2.45, 2.75) is 6.54 Å². The van der Waals surface area contributed by atoms with E-state index in [1.165, 1.54) is 6.07 Å². The maximum Gasteiger partial charge on any atom is 0.249 e. The summed E-state index contributed by atoms with van der Waals surface area (Å²) in [5.41, 5.74) is 8.52. The second kappa shape index (κ2) is 6.19. The van der Waals surface area contributed by atoms with Gasteiger partial charge in [0.1, 0.15) is 11.6 Å². The summed E-state index contributed by atoms with van der Waals surface area (Å²) in [5, 5.41) is 1.18. The zero-order valence-corrected chi connectivity index (χ0v) is 14.1. The number of halogens is 1. The van der Waals surface area contributed by atoms with E-state index < -0.39 is 11.7 Å². The van der Waals surface area contributed by atoms with Gasteiger partial charge in [-0.2, -0.15) is 0 Å². The summed E-state index contributed by atoms with van der Waals surface area (Å²) in [5.74, 6) is -0.260. The van der Waals surface area contributed by atoms with Crippen molar-refractivity contribution in [1.29, 1.82) is 0 Å². The fraction of sp³-hybridized carbons (Fsp3) is 0.0952. The van der Waals surface area contributed by atoms with Crippen LogP contribution in [0.2, 0.25) is 0 Å². The average molecular weight is 347 g/mol. The van der Waals surface area contributed by atoms with Gasteiger partial charge in [0, 0.05) is 28.9 Å². The molecular formula is C21H16FN2O2. The summed E-state index contributed by atoms with van der Waals surface area (Å²) < 4.78 is 21.2. The molecule has 0 aliphatic rings. The molecular weight excluding hydrogens is 331 g/mol. The van der Waals surface area contributed by atoms with Crippen molar-refractivity contribution in [2.75, 3.05) is 7.11 Å². The first kappa shape index (κ1) is 16.1. The van der Waals surface area contributed by atoms with Crippen LogP contribution in [0.1, 0.15) is 15.9 Å². The zero-order valence-electron chi connectivity index (χ0n) is 14.1. The van der Waals surface area contributed by atoms with Crippen molar-refractivity contribution in [2.24, 2.45) is 5.73 Å². The van der Waals surface area contributed by atoms with Crippen molar-refractivity contribution in [3.63, 3.8) is 0 Å². The Morgan fingerprint density at radius 3 is 2.73 bits per heavy atom. The minimum absolute atomic E-state index is 0.360. The molecule has 0 aliphatic heterocycles. The number of carbonyl (C=O) groups is 1. The van der Waals surface area contributed by atoms with Gasteiger partial charge in [0.05, 0.1) is 18.1 Å². The van der Waals surface area contributed by atoms with Crippen LogP contribution < -0.4 is 10.5 Å². The smallest absolute Gasteiger partial charge is 0.249 e. The van der Waals surface area contributed by atoms with E-state index in [2.05, 4.69) is 6.07 Å². The Labute approximate surface area is 149 Å². The predicted molar refractivity (Wildman–Crippen MR) is 98.9 cm³/mol. The van der Waals surface area contributed by atoms with Crippen LogP contribution in [0, 0.1) is 11.9 Å². The fourth-order valence-electron chi connectivity index (χ4n) is 3.36. The standard InChI is InChI=1S/C21H16FN2O2/c1-26-15-5-2-4-13(10-15)12-24-18-9-8-14(22)11-17(18)20-16(21(23)25)6-3-7-19(20)24/h2-10H,12H2,1H3,(H2,23,25). The van der Waals surface area contributed by atoms with Crippen molar-refractivity contribution < 1.29 is 13.9 Å². The number of nitrogens with zero attached hydrogens (tertiary/aromatic N) is 1. The summed E-state index contributed by atoms with van der Waals surface area (Å²) in [7, 11) is 1.62. The first-order valence-corrected chi connectivity index (χ1v) is 8.14. The molecule has 1 radical (unpaired) electrons. The summed E-state index contributed by atoms with van der Waals surface area (Å²) in [4.78, 5) is 11.9. The molecule has 3 aromatic carbocycles. The summed E-state index contributed by atoms with van der Waals surface area (Å²) in [6.45, 7) is 0.541. The van der Waals surface area contributed by atoms with E-state index in [-0.39, 0.29) is 0 Å². The Kier molecular flexibility index (Phi) is 3.84. The third kappa shape index (κ3) is 2.58. The lowest BCUT2D eigenvalue weighted by Gasteiger charge is -2.09. The number of primary amides is 1. The highest BCUT2D eigenvalue weighted by atomic mass is 19.1. The van der Waals surface area contributed by atoms with Gasteiger partial charge >= 0.3 is 0 Å². The molecule has 0 spiro atoms. The highest BCUT2D eigenvalue weighted by molar-refractivity contribution is 6.17. The molecule has 0 aliphatic carbocycles. The van der Waals surface area contributed by atoms with Crippen LogP contribution in [-0.2, 0) is 6.54 Å². The number of methoxy groups -OCH3 is 1. The fourth-order valence-corrected chi connectivity index (χ4v) is 3.36. The van der Waals surface area contributed by atoms with Crippen molar-refractivity contribution >= 4 is 27.7 Å². The first-order valence-electron chi connectivity index (χ1n) is 8.14. The first-order chi connectivity index (χ1) is 12.6. The lowest BCUT2D eigenvalue weighted by Crippen LogP contribution is -2.11. The second-order valence-corrected chi connectivity index (χ2v) is 6.07. The SMILES string of the molecule is COc1cccc(Cn2c3ccc(F)[c]c3c3c(C(N)=O)cccc32)c1. The zero-order chi connectivity index (χ0) is 18.3. The molecule has 0 unspecified atom stereocenters. The topological polar surface area (TPSA) is 57.2 Å². The highest BCUT2D eigenvalue weighted by Gasteiger charge is 2.17. The van der Waals surface area contributed by atoms with Crippen LogP contribution in [0.5, 0.6) is 5.75 Å². The molecule has 2 N–H and O–H groups in total. The molecule has 4 rings (SSSR count). The van der Waals surface area contributed by atoms with Gasteiger partial charge in [-0.3, -0.25) is 4.79 Å². The summed E-state index contributed by atoms with van der Waals surface area (Å²) in [6.07, 6.45) is 0. The number of hydrogen-bond donors (Lipinski definition) is 1. The van der Waals surface area contributed by atoms with E-state index in [1.54, 1.807) is 25.3 Å². The molecule has 1 heterocycles. The number of aromatic nitrogens is 1. The van der Waals surface area contributed by atoms with Gasteiger partial charge in [0.15, 0.2) is 0 Å². The lowest BCUT2D eigenvalue weighted by molar-refractivity contribution is 0.100. The Morgan fingerprint density at radius 2 is 1.96 bits per heavy atom. The lowest BCUT2D eigenvalue weighted by atomic mass is 10.1. The van der Waals surface area contributed by atoms with Crippen LogP contribution in [-0.4, -0.2) is 17.6 Å². The van der Waals surface area contributed by atoms with Crippen LogP contribution in [0.25, 0.3) is 21.8 Å². The molecule has 129 valence electrons. The number of hydrogen-bond acceptors (Lipinski definition) is 2. The van der Waals surface area contributed by atoms with Gasteiger partial charge in [-0.05, 0) is 42.0 Å². The Morgan fingerprint density at radius 1 is 1.15 bits per heavy atom. The molecule has 4 aromatic rings. The van der Waals surface area contributed by atoms with Gasteiger partial charge in [-0.25, -0.2) is 4.39 Å². The van der Waals surface area contributed by atoms with Crippen LogP contribution in [0.4, 0.5) is 4.39 Å². The van der Waals surface area contributed by atoms with Crippen molar-refractivity contribution in [3.8, 4) is 5.75 Å². The molecule has 26 heavy (non-hydrogen) atoms. The predicted octanol–water partition coefficient (Wildman–Crippen LogP) is 3.89. The molecule has 0 saturated heterocycles. The maximum atomic E-state index is 13.8. The van der Waals surface area contributed by atoms with Crippen LogP contribution in [0.3, 0.4) is 0 Å². The number of rotatable bonds is 4. The van der Waals surface area contributed by atoms with E-state index in [0.717, 1.165) is 22.3 Å². The monoisotopic (exact) mass is 347 g/mol. The number of benzene rings is 3. The van der Waals surface area contributed by atoms with Crippen LogP contribution in [0.15, 0.2) is 54.6 Å². The molecule has 0 atom stereocenters. The minimum Gasteiger partial charge on any atom is -0.497 e. The Balaban J connectivity index is 2.01. The highest BCUT2D eigenvalue weighted by Crippen LogP contribution is 2.32. The van der Waals surface area contributed by atoms with Gasteiger partial charge in [0.2, 0.25) is 5.91 Å². The average Bonchev–Trinajstić information content (AvgIpc) is 2.95. The van der Waals surface area contributed by atoms with E-state index in [0.29, 0.717) is 22.9 Å². The number of carbonyl (C=O) groups excluding carboxylic acids is 1. The molecule has 0 fully saturated rings. The van der Waals surface area contributed by atoms with Crippen LogP contribution >= 0.6 is 0 Å². The van der Waals surface area contributed by atoms with Crippen molar-refractivity contribution in [1.82, 2.24) is 4.57 Å². The molecule has 1 amide bonds. The number of fused-ring (bicyclic) bond motifs is 3. The van der Waals surface area contributed by atoms with Gasteiger partial charge in [-0.1, -0.05) is 18.2 Å². The summed E-state index contributed by atoms with van der Waals surface area (Å²) >= 11 is 0. The van der Waals surface area contributed by atoms with Gasteiger partial charge in [-0.15, -0.1) is 0 Å². The molecule has 5 heteroatoms. The van der Waals surface area contributed by atoms with E-state index in [9.17, 15) is 9.18 Å². The Bertz CT molecular complexity index is 1150. The number of amides is 1. The third-order valence-corrected chi connectivity index (χ3v) is 4.50. The molecule has 0 saturated carbocycles. The third-order valence-electron chi connectivity index (χ3n) is 4.50. The van der Waals surface area contributed by atoms with E-state index in [4.69, 9.17) is 10.5 Å². The summed E-state index contributed by atoms with van der Waals surface area (Å²) in [6, 6.07) is 18.9. The van der Waals surface area contributed by atoms with Crippen molar-refractivity contribution in [3.05, 3.63) is 77.6 Å². The number of nitrogens with two attached hydrogens (primary N) is 1. The minimum atomic E-state index is -0.548. The molecule has 1 aromatic heterocycles. The maximum absolute atomic E-state index is 13.8. The van der Waals surface area contributed by atoms with Gasteiger partial charge in [0.25, 0.3) is 0 Å².